The Morgan fingerprint density at radius 2 is 2.35 bits per heavy atom. The number of benzene rings is 1. The number of anilines is 1. The van der Waals surface area contributed by atoms with Gasteiger partial charge in [0.1, 0.15) is 10.4 Å². The van der Waals surface area contributed by atoms with Crippen LogP contribution in [0.4, 0.5) is 5.13 Å². The molecule has 0 bridgehead atoms. The first-order chi connectivity index (χ1) is 8.20. The number of nitrogens with zero attached hydrogens (tertiary/aromatic N) is 1. The lowest BCUT2D eigenvalue weighted by atomic mass is 10.2. The van der Waals surface area contributed by atoms with E-state index in [9.17, 15) is 0 Å². The summed E-state index contributed by atoms with van der Waals surface area (Å²) in [7, 11) is 1.63. The Balaban J connectivity index is 2.13. The first-order valence-corrected chi connectivity index (χ1v) is 6.92. The van der Waals surface area contributed by atoms with Crippen molar-refractivity contribution in [3.05, 3.63) is 38.8 Å². The van der Waals surface area contributed by atoms with Crippen LogP contribution in [0.1, 0.15) is 5.56 Å². The molecule has 1 heterocycles. The quantitative estimate of drug-likeness (QED) is 0.911. The zero-order valence-electron chi connectivity index (χ0n) is 9.04. The number of halogens is 2. The fourth-order valence-corrected chi connectivity index (χ4v) is 2.78. The van der Waals surface area contributed by atoms with E-state index in [0.717, 1.165) is 21.0 Å². The topological polar surface area (TPSA) is 34.1 Å². The highest BCUT2D eigenvalue weighted by Crippen LogP contribution is 2.28. The lowest BCUT2D eigenvalue weighted by Gasteiger charge is -2.10. The average Bonchev–Trinajstić information content (AvgIpc) is 2.73. The Kier molecular flexibility index (Phi) is 4.25. The zero-order chi connectivity index (χ0) is 12.3. The van der Waals surface area contributed by atoms with Gasteiger partial charge in [0.05, 0.1) is 7.11 Å². The molecule has 0 radical (unpaired) electrons. The smallest absolute Gasteiger partial charge is 0.184 e. The van der Waals surface area contributed by atoms with Crippen molar-refractivity contribution >= 4 is 44.0 Å². The Bertz CT molecular complexity index is 518. The van der Waals surface area contributed by atoms with Gasteiger partial charge in [-0.25, -0.2) is 4.98 Å². The van der Waals surface area contributed by atoms with Crippen LogP contribution in [0.3, 0.4) is 0 Å². The maximum absolute atomic E-state index is 6.13. The van der Waals surface area contributed by atoms with Gasteiger partial charge < -0.3 is 10.1 Å². The number of rotatable bonds is 4. The van der Waals surface area contributed by atoms with E-state index in [1.54, 1.807) is 7.11 Å². The second-order valence-electron chi connectivity index (χ2n) is 3.25. The summed E-state index contributed by atoms with van der Waals surface area (Å²) in [6.45, 7) is 0.586. The van der Waals surface area contributed by atoms with Crippen molar-refractivity contribution in [2.75, 3.05) is 12.4 Å². The summed E-state index contributed by atoms with van der Waals surface area (Å²) in [6.07, 6.45) is 0. The third-order valence-corrected chi connectivity index (χ3v) is 4.05. The van der Waals surface area contributed by atoms with Crippen molar-refractivity contribution < 1.29 is 4.74 Å². The summed E-state index contributed by atoms with van der Waals surface area (Å²) in [5, 5.41) is 6.67. The molecule has 6 heteroatoms. The van der Waals surface area contributed by atoms with Crippen molar-refractivity contribution in [2.24, 2.45) is 0 Å². The molecule has 3 nitrogen and oxygen atoms in total. The Labute approximate surface area is 117 Å². The first-order valence-electron chi connectivity index (χ1n) is 4.87. The maximum atomic E-state index is 6.13. The largest absolute Gasteiger partial charge is 0.496 e. The minimum Gasteiger partial charge on any atom is -0.496 e. The van der Waals surface area contributed by atoms with Gasteiger partial charge in [-0.05, 0) is 28.1 Å². The van der Waals surface area contributed by atoms with Crippen molar-refractivity contribution in [3.8, 4) is 5.75 Å². The Hall–Kier alpha value is -0.780. The molecule has 0 spiro atoms. The number of aromatic nitrogens is 1. The molecule has 0 fully saturated rings. The molecule has 0 aliphatic heterocycles. The second kappa shape index (κ2) is 5.71. The van der Waals surface area contributed by atoms with Crippen LogP contribution in [0.15, 0.2) is 28.2 Å². The van der Waals surface area contributed by atoms with E-state index in [2.05, 4.69) is 26.2 Å². The van der Waals surface area contributed by atoms with E-state index in [1.807, 2.05) is 23.6 Å². The number of hydrogen-bond acceptors (Lipinski definition) is 4. The highest BCUT2D eigenvalue weighted by molar-refractivity contribution is 9.10. The molecule has 1 aromatic heterocycles. The van der Waals surface area contributed by atoms with Crippen LogP contribution in [-0.2, 0) is 6.54 Å². The third kappa shape index (κ3) is 3.12. The van der Waals surface area contributed by atoms with Gasteiger partial charge in [-0.3, -0.25) is 0 Å². The average molecular weight is 334 g/mol. The van der Waals surface area contributed by atoms with Gasteiger partial charge in [-0.2, -0.15) is 0 Å². The van der Waals surface area contributed by atoms with Crippen LogP contribution in [0, 0.1) is 0 Å². The van der Waals surface area contributed by atoms with Gasteiger partial charge in [0, 0.05) is 22.5 Å². The summed E-state index contributed by atoms with van der Waals surface area (Å²) in [5.74, 6) is 0.778. The van der Waals surface area contributed by atoms with E-state index in [-0.39, 0.29) is 0 Å². The Morgan fingerprint density at radius 1 is 1.53 bits per heavy atom. The monoisotopic (exact) mass is 332 g/mol. The molecule has 0 saturated heterocycles. The van der Waals surface area contributed by atoms with Crippen molar-refractivity contribution in [2.45, 2.75) is 6.54 Å². The van der Waals surface area contributed by atoms with Crippen molar-refractivity contribution in [1.29, 1.82) is 0 Å². The van der Waals surface area contributed by atoms with Gasteiger partial charge in [-0.15, -0.1) is 11.3 Å². The van der Waals surface area contributed by atoms with E-state index >= 15 is 0 Å². The van der Waals surface area contributed by atoms with Crippen LogP contribution in [0.25, 0.3) is 0 Å². The fourth-order valence-electron chi connectivity index (χ4n) is 1.40. The molecule has 1 aromatic carbocycles. The van der Waals surface area contributed by atoms with Crippen LogP contribution < -0.4 is 10.1 Å². The van der Waals surface area contributed by atoms with Crippen LogP contribution in [-0.4, -0.2) is 12.1 Å². The molecule has 0 atom stereocenters. The molecular formula is C11H10BrClN2OS. The molecule has 0 aliphatic rings. The van der Waals surface area contributed by atoms with E-state index < -0.39 is 0 Å². The number of ether oxygens (including phenoxy) is 1. The number of methoxy groups -OCH3 is 1. The zero-order valence-corrected chi connectivity index (χ0v) is 12.2. The highest BCUT2D eigenvalue weighted by Gasteiger charge is 2.08. The number of nitrogens with one attached hydrogen (secondary N) is 1. The molecular weight excluding hydrogens is 324 g/mol. The summed E-state index contributed by atoms with van der Waals surface area (Å²) >= 11 is 11.0. The summed E-state index contributed by atoms with van der Waals surface area (Å²) < 4.78 is 6.10. The van der Waals surface area contributed by atoms with Crippen LogP contribution in [0.2, 0.25) is 5.02 Å². The van der Waals surface area contributed by atoms with Crippen LogP contribution in [0.5, 0.6) is 5.75 Å². The van der Waals surface area contributed by atoms with Gasteiger partial charge in [0.25, 0.3) is 0 Å². The van der Waals surface area contributed by atoms with Crippen molar-refractivity contribution in [1.82, 2.24) is 4.98 Å². The van der Waals surface area contributed by atoms with Gasteiger partial charge in [-0.1, -0.05) is 17.7 Å². The lowest BCUT2D eigenvalue weighted by Crippen LogP contribution is -2.02. The molecule has 2 aromatic rings. The first kappa shape index (κ1) is 12.7. The minimum absolute atomic E-state index is 0.586. The van der Waals surface area contributed by atoms with Crippen molar-refractivity contribution in [3.63, 3.8) is 0 Å². The predicted octanol–water partition coefficient (Wildman–Crippen LogP) is 4.18. The lowest BCUT2D eigenvalue weighted by molar-refractivity contribution is 0.410. The summed E-state index contributed by atoms with van der Waals surface area (Å²) in [6, 6.07) is 5.60. The fraction of sp³-hybridized carbons (Fsp3) is 0.182. The Morgan fingerprint density at radius 3 is 3.00 bits per heavy atom. The third-order valence-electron chi connectivity index (χ3n) is 2.19. The van der Waals surface area contributed by atoms with E-state index in [1.165, 1.54) is 11.3 Å². The standard InChI is InChI=1S/C11H10BrClN2OS/c1-16-9-4-2-3-8(13)7(9)5-14-11-15-10(12)6-17-11/h2-4,6H,5H2,1H3,(H,14,15). The van der Waals surface area contributed by atoms with Gasteiger partial charge in [0.2, 0.25) is 0 Å². The van der Waals surface area contributed by atoms with Gasteiger partial charge >= 0.3 is 0 Å². The molecule has 0 unspecified atom stereocenters. The molecule has 2 rings (SSSR count). The van der Waals surface area contributed by atoms with Gasteiger partial charge in [0.15, 0.2) is 5.13 Å². The SMILES string of the molecule is COc1cccc(Cl)c1CNc1nc(Br)cs1. The molecule has 0 saturated carbocycles. The summed E-state index contributed by atoms with van der Waals surface area (Å²) in [4.78, 5) is 4.25. The maximum Gasteiger partial charge on any atom is 0.184 e. The number of thiazole rings is 1. The molecule has 90 valence electrons. The highest BCUT2D eigenvalue weighted by atomic mass is 79.9. The second-order valence-corrected chi connectivity index (χ2v) is 5.33. The molecule has 1 N–H and O–H groups in total. The molecule has 0 amide bonds. The van der Waals surface area contributed by atoms with E-state index in [0.29, 0.717) is 11.6 Å². The number of hydrogen-bond donors (Lipinski definition) is 1. The van der Waals surface area contributed by atoms with E-state index in [4.69, 9.17) is 16.3 Å². The minimum atomic E-state index is 0.586. The molecule has 0 aliphatic carbocycles. The normalized spacial score (nSPS) is 10.3. The molecule has 17 heavy (non-hydrogen) atoms. The predicted molar refractivity (Wildman–Crippen MR) is 75.1 cm³/mol. The van der Waals surface area contributed by atoms with Crippen LogP contribution >= 0.6 is 38.9 Å². The summed E-state index contributed by atoms with van der Waals surface area (Å²) in [5.41, 5.74) is 0.933.